The first-order valence-electron chi connectivity index (χ1n) is 6.24. The number of aromatic nitrogens is 3. The van der Waals surface area contributed by atoms with Crippen molar-refractivity contribution < 1.29 is 8.42 Å². The molecule has 112 valence electrons. The molecule has 0 aromatic carbocycles. The fourth-order valence-corrected chi connectivity index (χ4v) is 3.54. The predicted molar refractivity (Wildman–Crippen MR) is 79.7 cm³/mol. The molecule has 2 heterocycles. The van der Waals surface area contributed by atoms with Crippen LogP contribution in [-0.2, 0) is 10.0 Å². The van der Waals surface area contributed by atoms with Crippen molar-refractivity contribution in [3.63, 3.8) is 0 Å². The van der Waals surface area contributed by atoms with E-state index in [1.165, 1.54) is 31.0 Å². The van der Waals surface area contributed by atoms with Crippen LogP contribution in [0.4, 0.5) is 5.69 Å². The minimum absolute atomic E-state index is 0.0604. The molecular weight excluding hydrogens is 290 g/mol. The molecule has 0 radical (unpaired) electrons. The summed E-state index contributed by atoms with van der Waals surface area (Å²) in [4.78, 5) is 11.8. The van der Waals surface area contributed by atoms with Crippen LogP contribution in [0.3, 0.4) is 0 Å². The molecular formula is C13H17N5O2S. The van der Waals surface area contributed by atoms with Gasteiger partial charge in [0.15, 0.2) is 0 Å². The maximum absolute atomic E-state index is 12.6. The third-order valence-corrected chi connectivity index (χ3v) is 4.33. The summed E-state index contributed by atoms with van der Waals surface area (Å²) in [5, 5.41) is 0. The number of hydrogen-bond acceptors (Lipinski definition) is 6. The van der Waals surface area contributed by atoms with Gasteiger partial charge < -0.3 is 5.73 Å². The molecule has 0 atom stereocenters. The molecule has 0 aliphatic rings. The molecule has 8 heteroatoms. The SMILES string of the molecule is CC(C)(C)NS(=O)(=O)c1c(N)ccnc1-c1cncnc1. The van der Waals surface area contributed by atoms with Crippen LogP contribution in [0.5, 0.6) is 0 Å². The molecule has 2 aromatic heterocycles. The summed E-state index contributed by atoms with van der Waals surface area (Å²) in [5.74, 6) is 0. The first-order chi connectivity index (χ1) is 9.71. The Morgan fingerprint density at radius 1 is 1.19 bits per heavy atom. The Kier molecular flexibility index (Phi) is 3.93. The van der Waals surface area contributed by atoms with Crippen molar-refractivity contribution in [2.75, 3.05) is 5.73 Å². The molecule has 0 unspecified atom stereocenters. The molecule has 7 nitrogen and oxygen atoms in total. The second kappa shape index (κ2) is 5.38. The van der Waals surface area contributed by atoms with Crippen LogP contribution in [0.2, 0.25) is 0 Å². The van der Waals surface area contributed by atoms with E-state index in [2.05, 4.69) is 19.7 Å². The number of nitrogen functional groups attached to an aromatic ring is 1. The van der Waals surface area contributed by atoms with Crippen LogP contribution in [0, 0.1) is 0 Å². The highest BCUT2D eigenvalue weighted by atomic mass is 32.2. The predicted octanol–water partition coefficient (Wildman–Crippen LogP) is 1.20. The highest BCUT2D eigenvalue weighted by Crippen LogP contribution is 2.29. The van der Waals surface area contributed by atoms with Gasteiger partial charge in [-0.05, 0) is 26.8 Å². The Morgan fingerprint density at radius 3 is 2.38 bits per heavy atom. The molecule has 0 saturated carbocycles. The van der Waals surface area contributed by atoms with E-state index in [0.29, 0.717) is 5.56 Å². The van der Waals surface area contributed by atoms with Gasteiger partial charge in [0.1, 0.15) is 11.2 Å². The molecule has 2 rings (SSSR count). The third kappa shape index (κ3) is 3.53. The summed E-state index contributed by atoms with van der Waals surface area (Å²) in [7, 11) is -3.82. The van der Waals surface area contributed by atoms with Crippen molar-refractivity contribution in [2.24, 2.45) is 0 Å². The molecule has 0 spiro atoms. The molecule has 21 heavy (non-hydrogen) atoms. The zero-order chi connectivity index (χ0) is 15.7. The molecule has 0 saturated heterocycles. The lowest BCUT2D eigenvalue weighted by atomic mass is 10.1. The van der Waals surface area contributed by atoms with Crippen molar-refractivity contribution in [2.45, 2.75) is 31.2 Å². The lowest BCUT2D eigenvalue weighted by Crippen LogP contribution is -2.41. The van der Waals surface area contributed by atoms with Gasteiger partial charge in [-0.3, -0.25) is 4.98 Å². The molecule has 2 aromatic rings. The normalized spacial score (nSPS) is 12.3. The number of sulfonamides is 1. The van der Waals surface area contributed by atoms with Crippen LogP contribution < -0.4 is 10.5 Å². The second-order valence-electron chi connectivity index (χ2n) is 5.56. The lowest BCUT2D eigenvalue weighted by molar-refractivity contribution is 0.492. The molecule has 0 fully saturated rings. The van der Waals surface area contributed by atoms with Gasteiger partial charge in [0.2, 0.25) is 10.0 Å². The van der Waals surface area contributed by atoms with Crippen molar-refractivity contribution in [3.05, 3.63) is 31.0 Å². The summed E-state index contributed by atoms with van der Waals surface area (Å²) in [6, 6.07) is 1.45. The average Bonchev–Trinajstić information content (AvgIpc) is 2.36. The fourth-order valence-electron chi connectivity index (χ4n) is 1.83. The van der Waals surface area contributed by atoms with Crippen LogP contribution in [0.25, 0.3) is 11.3 Å². The zero-order valence-corrected chi connectivity index (χ0v) is 12.8. The smallest absolute Gasteiger partial charge is 0.245 e. The van der Waals surface area contributed by atoms with Gasteiger partial charge in [0, 0.05) is 29.7 Å². The molecule has 0 amide bonds. The van der Waals surface area contributed by atoms with Crippen LogP contribution >= 0.6 is 0 Å². The van der Waals surface area contributed by atoms with E-state index in [9.17, 15) is 8.42 Å². The van der Waals surface area contributed by atoms with Crippen molar-refractivity contribution in [3.8, 4) is 11.3 Å². The minimum Gasteiger partial charge on any atom is -0.398 e. The monoisotopic (exact) mass is 307 g/mol. The molecule has 0 aliphatic heterocycles. The Bertz CT molecular complexity index is 739. The van der Waals surface area contributed by atoms with E-state index in [4.69, 9.17) is 5.73 Å². The number of rotatable bonds is 3. The number of nitrogens with zero attached hydrogens (tertiary/aromatic N) is 3. The van der Waals surface area contributed by atoms with Crippen LogP contribution in [-0.4, -0.2) is 28.9 Å². The maximum atomic E-state index is 12.6. The third-order valence-electron chi connectivity index (χ3n) is 2.48. The number of nitrogens with one attached hydrogen (secondary N) is 1. The van der Waals surface area contributed by atoms with Gasteiger partial charge in [0.05, 0.1) is 11.4 Å². The number of hydrogen-bond donors (Lipinski definition) is 2. The Morgan fingerprint density at radius 2 is 1.81 bits per heavy atom. The van der Waals surface area contributed by atoms with Gasteiger partial charge in [-0.1, -0.05) is 0 Å². The summed E-state index contributed by atoms with van der Waals surface area (Å²) in [6.07, 6.45) is 5.79. The fraction of sp³-hybridized carbons (Fsp3) is 0.308. The van der Waals surface area contributed by atoms with E-state index in [1.54, 1.807) is 20.8 Å². The van der Waals surface area contributed by atoms with E-state index < -0.39 is 15.6 Å². The quantitative estimate of drug-likeness (QED) is 0.881. The van der Waals surface area contributed by atoms with Gasteiger partial charge in [0.25, 0.3) is 0 Å². The van der Waals surface area contributed by atoms with E-state index in [-0.39, 0.29) is 16.3 Å². The summed E-state index contributed by atoms with van der Waals surface area (Å²) in [5.41, 5.74) is 6.07. The maximum Gasteiger partial charge on any atom is 0.245 e. The van der Waals surface area contributed by atoms with Crippen molar-refractivity contribution in [1.29, 1.82) is 0 Å². The van der Waals surface area contributed by atoms with E-state index >= 15 is 0 Å². The van der Waals surface area contributed by atoms with Gasteiger partial charge in [-0.2, -0.15) is 0 Å². The van der Waals surface area contributed by atoms with Crippen LogP contribution in [0.1, 0.15) is 20.8 Å². The largest absolute Gasteiger partial charge is 0.398 e. The highest BCUT2D eigenvalue weighted by molar-refractivity contribution is 7.89. The van der Waals surface area contributed by atoms with E-state index in [0.717, 1.165) is 0 Å². The Labute approximate surface area is 123 Å². The summed E-state index contributed by atoms with van der Waals surface area (Å²) in [6.45, 7) is 5.26. The topological polar surface area (TPSA) is 111 Å². The molecule has 0 bridgehead atoms. The van der Waals surface area contributed by atoms with Crippen molar-refractivity contribution >= 4 is 15.7 Å². The standard InChI is InChI=1S/C13H17N5O2S/c1-13(2,3)18-21(19,20)12-10(14)4-5-17-11(12)9-6-15-8-16-7-9/h4-8,18H,1-3H3,(H2,14,17). The second-order valence-corrected chi connectivity index (χ2v) is 7.18. The van der Waals surface area contributed by atoms with Crippen molar-refractivity contribution in [1.82, 2.24) is 19.7 Å². The number of anilines is 1. The van der Waals surface area contributed by atoms with Crippen LogP contribution in [0.15, 0.2) is 35.9 Å². The Hall–Kier alpha value is -2.06. The first-order valence-corrected chi connectivity index (χ1v) is 7.73. The summed E-state index contributed by atoms with van der Waals surface area (Å²) >= 11 is 0. The average molecular weight is 307 g/mol. The van der Waals surface area contributed by atoms with Gasteiger partial charge in [-0.25, -0.2) is 23.1 Å². The van der Waals surface area contributed by atoms with E-state index in [1.807, 2.05) is 0 Å². The lowest BCUT2D eigenvalue weighted by Gasteiger charge is -2.22. The van der Waals surface area contributed by atoms with Gasteiger partial charge >= 0.3 is 0 Å². The Balaban J connectivity index is 2.64. The number of pyridine rings is 1. The summed E-state index contributed by atoms with van der Waals surface area (Å²) < 4.78 is 27.8. The highest BCUT2D eigenvalue weighted by Gasteiger charge is 2.28. The molecule has 0 aliphatic carbocycles. The minimum atomic E-state index is -3.82. The number of nitrogens with two attached hydrogens (primary N) is 1. The molecule has 3 N–H and O–H groups in total. The van der Waals surface area contributed by atoms with Gasteiger partial charge in [-0.15, -0.1) is 0 Å². The zero-order valence-electron chi connectivity index (χ0n) is 12.0. The first kappa shape index (κ1) is 15.3.